The van der Waals surface area contributed by atoms with Crippen molar-refractivity contribution >= 4 is 35.0 Å². The third-order valence-corrected chi connectivity index (χ3v) is 3.17. The van der Waals surface area contributed by atoms with Gasteiger partial charge >= 0.3 is 0 Å². The quantitative estimate of drug-likeness (QED) is 0.761. The van der Waals surface area contributed by atoms with Crippen LogP contribution in [0.15, 0.2) is 10.6 Å². The molecule has 4 heteroatoms. The van der Waals surface area contributed by atoms with E-state index in [1.165, 1.54) is 5.54 Å². The summed E-state index contributed by atoms with van der Waals surface area (Å²) in [6, 6.07) is 0.278. The van der Waals surface area contributed by atoms with Crippen molar-refractivity contribution in [1.82, 2.24) is 0 Å². The predicted molar refractivity (Wildman–Crippen MR) is 55.4 cm³/mol. The fourth-order valence-corrected chi connectivity index (χ4v) is 1.79. The minimum atomic E-state index is 0.278. The zero-order valence-corrected chi connectivity index (χ0v) is 8.85. The van der Waals surface area contributed by atoms with Gasteiger partial charge in [0.15, 0.2) is 0 Å². The number of halogens is 2. The second-order valence-electron chi connectivity index (χ2n) is 2.24. The lowest BCUT2D eigenvalue weighted by atomic mass is 10.3. The monoisotopic (exact) mass is 213 g/mol. The third kappa shape index (κ3) is 7.01. The first-order valence-corrected chi connectivity index (χ1v) is 5.45. The number of rotatable bonds is 5. The molecule has 0 aromatic rings. The van der Waals surface area contributed by atoms with Gasteiger partial charge in [0.25, 0.3) is 0 Å². The largest absolute Gasteiger partial charge is 0.327 e. The summed E-state index contributed by atoms with van der Waals surface area (Å²) in [5, 5.41) is 0.681. The van der Waals surface area contributed by atoms with Crippen molar-refractivity contribution in [2.24, 2.45) is 5.73 Å². The van der Waals surface area contributed by atoms with Gasteiger partial charge < -0.3 is 5.73 Å². The van der Waals surface area contributed by atoms with E-state index in [0.717, 1.165) is 17.9 Å². The maximum Gasteiger partial charge on any atom is 0.0392 e. The predicted octanol–water partition coefficient (Wildman–Crippen LogP) is 2.78. The van der Waals surface area contributed by atoms with Gasteiger partial charge in [-0.1, -0.05) is 30.1 Å². The number of hydrogen-bond acceptors (Lipinski definition) is 2. The van der Waals surface area contributed by atoms with Crippen LogP contribution in [-0.2, 0) is 0 Å². The zero-order valence-electron chi connectivity index (χ0n) is 6.52. The summed E-state index contributed by atoms with van der Waals surface area (Å²) >= 11 is 12.7. The van der Waals surface area contributed by atoms with Crippen LogP contribution in [0.5, 0.6) is 0 Å². The van der Waals surface area contributed by atoms with Gasteiger partial charge in [-0.3, -0.25) is 0 Å². The zero-order chi connectivity index (χ0) is 8.69. The van der Waals surface area contributed by atoms with Crippen LogP contribution in [-0.4, -0.2) is 17.5 Å². The van der Waals surface area contributed by atoms with Crippen molar-refractivity contribution < 1.29 is 0 Å². The first kappa shape index (κ1) is 11.6. The second-order valence-corrected chi connectivity index (χ2v) is 3.97. The molecule has 0 saturated carbocycles. The Morgan fingerprint density at radius 2 is 2.36 bits per heavy atom. The molecule has 1 nitrogen and oxygen atoms in total. The Hall–Kier alpha value is 0.630. The number of thioether (sulfide) groups is 1. The van der Waals surface area contributed by atoms with Gasteiger partial charge in [-0.25, -0.2) is 0 Å². The number of nitrogens with two attached hydrogens (primary N) is 1. The minimum absolute atomic E-state index is 0.278. The molecule has 0 aromatic carbocycles. The van der Waals surface area contributed by atoms with E-state index in [1.807, 2.05) is 0 Å². The Morgan fingerprint density at radius 3 is 2.82 bits per heavy atom. The molecule has 11 heavy (non-hydrogen) atoms. The van der Waals surface area contributed by atoms with Crippen LogP contribution in [0.1, 0.15) is 13.3 Å². The molecular formula is C7H13Cl2NS. The maximum absolute atomic E-state index is 5.68. The van der Waals surface area contributed by atoms with Crippen LogP contribution < -0.4 is 5.73 Å². The normalized spacial score (nSPS) is 15.1. The van der Waals surface area contributed by atoms with Crippen LogP contribution in [0.3, 0.4) is 0 Å². The van der Waals surface area contributed by atoms with Crippen molar-refractivity contribution in [3.8, 4) is 0 Å². The Morgan fingerprint density at radius 1 is 1.73 bits per heavy atom. The van der Waals surface area contributed by atoms with Crippen molar-refractivity contribution in [3.05, 3.63) is 10.6 Å². The van der Waals surface area contributed by atoms with E-state index in [1.54, 1.807) is 11.8 Å². The van der Waals surface area contributed by atoms with Gasteiger partial charge in [-0.05, 0) is 6.42 Å². The highest BCUT2D eigenvalue weighted by Crippen LogP contribution is 2.13. The van der Waals surface area contributed by atoms with E-state index in [2.05, 4.69) is 6.92 Å². The van der Waals surface area contributed by atoms with Crippen molar-refractivity contribution in [1.29, 1.82) is 0 Å². The second kappa shape index (κ2) is 7.29. The highest BCUT2D eigenvalue weighted by atomic mass is 35.5. The van der Waals surface area contributed by atoms with Gasteiger partial charge in [0.05, 0.1) is 0 Å². The molecule has 0 aromatic heterocycles. The molecule has 66 valence electrons. The highest BCUT2D eigenvalue weighted by molar-refractivity contribution is 7.99. The van der Waals surface area contributed by atoms with Gasteiger partial charge in [0.1, 0.15) is 0 Å². The van der Waals surface area contributed by atoms with Crippen LogP contribution in [0, 0.1) is 0 Å². The van der Waals surface area contributed by atoms with Crippen LogP contribution in [0.4, 0.5) is 0 Å². The Bertz CT molecular complexity index is 128. The molecule has 0 radical (unpaired) electrons. The SMILES string of the molecule is CCC(N)CSCC(Cl)=CCl. The van der Waals surface area contributed by atoms with Gasteiger partial charge in [-0.15, -0.1) is 0 Å². The summed E-state index contributed by atoms with van der Waals surface area (Å²) in [5.74, 6) is 1.70. The van der Waals surface area contributed by atoms with E-state index >= 15 is 0 Å². The van der Waals surface area contributed by atoms with E-state index in [9.17, 15) is 0 Å². The fraction of sp³-hybridized carbons (Fsp3) is 0.714. The lowest BCUT2D eigenvalue weighted by Gasteiger charge is -2.06. The maximum atomic E-state index is 5.68. The van der Waals surface area contributed by atoms with Crippen LogP contribution in [0.25, 0.3) is 0 Å². The molecule has 1 unspecified atom stereocenters. The van der Waals surface area contributed by atoms with E-state index < -0.39 is 0 Å². The molecule has 2 N–H and O–H groups in total. The Kier molecular flexibility index (Phi) is 7.71. The summed E-state index contributed by atoms with van der Waals surface area (Å²) in [6.45, 7) is 2.07. The molecule has 0 heterocycles. The molecule has 0 aliphatic carbocycles. The average Bonchev–Trinajstić information content (AvgIpc) is 2.04. The molecule has 0 fully saturated rings. The minimum Gasteiger partial charge on any atom is -0.327 e. The summed E-state index contributed by atoms with van der Waals surface area (Å²) in [6.07, 6.45) is 1.01. The standard InChI is InChI=1S/C7H13Cl2NS/c1-2-7(10)5-11-4-6(9)3-8/h3,7H,2,4-5,10H2,1H3. The lowest BCUT2D eigenvalue weighted by molar-refractivity contribution is 0.725. The molecular weight excluding hydrogens is 201 g/mol. The first-order valence-electron chi connectivity index (χ1n) is 3.48. The molecule has 0 bridgehead atoms. The van der Waals surface area contributed by atoms with E-state index in [4.69, 9.17) is 28.9 Å². The molecule has 0 rings (SSSR count). The molecule has 0 spiro atoms. The van der Waals surface area contributed by atoms with Gasteiger partial charge in [-0.2, -0.15) is 11.8 Å². The highest BCUT2D eigenvalue weighted by Gasteiger charge is 1.99. The molecule has 0 saturated heterocycles. The lowest BCUT2D eigenvalue weighted by Crippen LogP contribution is -2.21. The third-order valence-electron chi connectivity index (χ3n) is 1.21. The van der Waals surface area contributed by atoms with Crippen LogP contribution in [0.2, 0.25) is 0 Å². The summed E-state index contributed by atoms with van der Waals surface area (Å²) in [4.78, 5) is 0. The van der Waals surface area contributed by atoms with Crippen molar-refractivity contribution in [2.45, 2.75) is 19.4 Å². The Balaban J connectivity index is 3.27. The fourth-order valence-electron chi connectivity index (χ4n) is 0.457. The average molecular weight is 214 g/mol. The van der Waals surface area contributed by atoms with Crippen molar-refractivity contribution in [3.63, 3.8) is 0 Å². The summed E-state index contributed by atoms with van der Waals surface area (Å²) < 4.78 is 0. The molecule has 0 aliphatic heterocycles. The van der Waals surface area contributed by atoms with Crippen LogP contribution >= 0.6 is 35.0 Å². The van der Waals surface area contributed by atoms with E-state index in [0.29, 0.717) is 5.03 Å². The van der Waals surface area contributed by atoms with E-state index in [-0.39, 0.29) is 6.04 Å². The first-order chi connectivity index (χ1) is 5.20. The smallest absolute Gasteiger partial charge is 0.0392 e. The molecule has 1 atom stereocenters. The van der Waals surface area contributed by atoms with Crippen molar-refractivity contribution in [2.75, 3.05) is 11.5 Å². The summed E-state index contributed by atoms with van der Waals surface area (Å²) in [5.41, 5.74) is 7.08. The van der Waals surface area contributed by atoms with Gasteiger partial charge in [0, 0.05) is 28.1 Å². The summed E-state index contributed by atoms with van der Waals surface area (Å²) in [7, 11) is 0. The molecule has 0 amide bonds. The molecule has 0 aliphatic rings. The topological polar surface area (TPSA) is 26.0 Å². The van der Waals surface area contributed by atoms with Gasteiger partial charge in [0.2, 0.25) is 0 Å². The Labute approximate surface area is 82.3 Å². The number of hydrogen-bond donors (Lipinski definition) is 1.